The van der Waals surface area contributed by atoms with Gasteiger partial charge in [-0.15, -0.1) is 0 Å². The summed E-state index contributed by atoms with van der Waals surface area (Å²) in [6.45, 7) is 2.15. The highest BCUT2D eigenvalue weighted by atomic mass is 15.1. The Morgan fingerprint density at radius 3 is 2.13 bits per heavy atom. The maximum absolute atomic E-state index is 4.99. The van der Waals surface area contributed by atoms with E-state index in [9.17, 15) is 0 Å². The molecule has 54 heavy (non-hydrogen) atoms. The predicted octanol–water partition coefficient (Wildman–Crippen LogP) is 14.1. The van der Waals surface area contributed by atoms with Gasteiger partial charge in [0.05, 0.1) is 11.6 Å². The molecule has 6 aromatic carbocycles. The van der Waals surface area contributed by atoms with Gasteiger partial charge in [0.2, 0.25) is 0 Å². The fourth-order valence-corrected chi connectivity index (χ4v) is 9.88. The van der Waals surface area contributed by atoms with E-state index >= 15 is 0 Å². The van der Waals surface area contributed by atoms with Crippen molar-refractivity contribution in [3.63, 3.8) is 0 Å². The number of nitrogens with zero attached hydrogens (tertiary/aromatic N) is 2. The number of fused-ring (bicyclic) bond motifs is 8. The van der Waals surface area contributed by atoms with E-state index in [4.69, 9.17) is 4.98 Å². The topological polar surface area (TPSA) is 17.8 Å². The molecule has 8 aromatic rings. The first-order valence-corrected chi connectivity index (χ1v) is 19.8. The van der Waals surface area contributed by atoms with Gasteiger partial charge in [0.15, 0.2) is 0 Å². The van der Waals surface area contributed by atoms with Gasteiger partial charge in [0, 0.05) is 17.0 Å². The monoisotopic (exact) mass is 694 g/mol. The summed E-state index contributed by atoms with van der Waals surface area (Å²) in [7, 11) is 0. The third-order valence-electron chi connectivity index (χ3n) is 12.4. The molecule has 0 radical (unpaired) electrons. The smallest absolute Gasteiger partial charge is 0.141 e. The number of hydrogen-bond acceptors (Lipinski definition) is 1. The van der Waals surface area contributed by atoms with Crippen LogP contribution < -0.4 is 0 Å². The van der Waals surface area contributed by atoms with Gasteiger partial charge in [-0.2, -0.15) is 0 Å². The summed E-state index contributed by atoms with van der Waals surface area (Å²) in [5.41, 5.74) is 14.6. The molecule has 260 valence electrons. The molecule has 3 aliphatic rings. The quantitative estimate of drug-likeness (QED) is 0.132. The maximum Gasteiger partial charge on any atom is 0.141 e. The zero-order valence-electron chi connectivity index (χ0n) is 30.8. The molecule has 1 unspecified atom stereocenters. The second-order valence-corrected chi connectivity index (χ2v) is 15.6. The Bertz CT molecular complexity index is 2920. The van der Waals surface area contributed by atoms with E-state index in [0.29, 0.717) is 6.04 Å². The summed E-state index contributed by atoms with van der Waals surface area (Å²) in [6.07, 6.45) is 24.0. The zero-order chi connectivity index (χ0) is 35.8. The molecule has 3 aliphatic carbocycles. The van der Waals surface area contributed by atoms with Crippen LogP contribution in [0.1, 0.15) is 72.4 Å². The summed E-state index contributed by atoms with van der Waals surface area (Å²) >= 11 is 0. The van der Waals surface area contributed by atoms with Crippen molar-refractivity contribution in [1.29, 1.82) is 0 Å². The molecule has 0 bridgehead atoms. The van der Waals surface area contributed by atoms with E-state index in [-0.39, 0.29) is 0 Å². The predicted molar refractivity (Wildman–Crippen MR) is 231 cm³/mol. The molecule has 0 amide bonds. The van der Waals surface area contributed by atoms with Crippen molar-refractivity contribution in [2.24, 2.45) is 0 Å². The molecule has 0 fully saturated rings. The second kappa shape index (κ2) is 12.6. The normalized spacial score (nSPS) is 17.1. The first-order chi connectivity index (χ1) is 26.7. The van der Waals surface area contributed by atoms with E-state index in [1.54, 1.807) is 0 Å². The van der Waals surface area contributed by atoms with E-state index in [0.717, 1.165) is 37.8 Å². The van der Waals surface area contributed by atoms with Crippen LogP contribution in [-0.2, 0) is 6.42 Å². The third-order valence-corrected chi connectivity index (χ3v) is 12.4. The summed E-state index contributed by atoms with van der Waals surface area (Å²) in [6, 6.07) is 39.8. The van der Waals surface area contributed by atoms with Crippen molar-refractivity contribution >= 4 is 71.5 Å². The van der Waals surface area contributed by atoms with Gasteiger partial charge < -0.3 is 4.57 Å². The van der Waals surface area contributed by atoms with Crippen molar-refractivity contribution in [3.05, 3.63) is 168 Å². The van der Waals surface area contributed by atoms with Crippen LogP contribution in [0.15, 0.2) is 140 Å². The molecule has 0 saturated heterocycles. The Morgan fingerprint density at radius 2 is 1.37 bits per heavy atom. The van der Waals surface area contributed by atoms with Gasteiger partial charge in [-0.3, -0.25) is 0 Å². The first-order valence-electron chi connectivity index (χ1n) is 19.8. The Labute approximate surface area is 316 Å². The minimum absolute atomic E-state index is 0.361. The summed E-state index contributed by atoms with van der Waals surface area (Å²) in [4.78, 5) is 4.99. The van der Waals surface area contributed by atoms with Crippen LogP contribution in [0, 0.1) is 6.92 Å². The van der Waals surface area contributed by atoms with Crippen molar-refractivity contribution in [3.8, 4) is 11.1 Å². The number of benzene rings is 6. The van der Waals surface area contributed by atoms with Gasteiger partial charge in [-0.1, -0.05) is 115 Å². The van der Waals surface area contributed by atoms with Gasteiger partial charge in [-0.25, -0.2) is 4.98 Å². The molecule has 2 aromatic heterocycles. The second-order valence-electron chi connectivity index (χ2n) is 15.6. The highest BCUT2D eigenvalue weighted by molar-refractivity contribution is 6.19. The molecule has 0 N–H and O–H groups in total. The van der Waals surface area contributed by atoms with Gasteiger partial charge in [0.25, 0.3) is 0 Å². The van der Waals surface area contributed by atoms with Gasteiger partial charge >= 0.3 is 0 Å². The number of aryl methyl sites for hydroxylation is 2. The zero-order valence-corrected chi connectivity index (χ0v) is 30.8. The Kier molecular flexibility index (Phi) is 7.33. The summed E-state index contributed by atoms with van der Waals surface area (Å²) < 4.78 is 2.49. The molecule has 1 atom stereocenters. The minimum Gasteiger partial charge on any atom is -0.318 e. The average molecular weight is 695 g/mol. The molecule has 11 rings (SSSR count). The van der Waals surface area contributed by atoms with Crippen LogP contribution in [0.2, 0.25) is 0 Å². The molecule has 0 saturated carbocycles. The number of rotatable bonds is 4. The van der Waals surface area contributed by atoms with Crippen LogP contribution >= 0.6 is 0 Å². The lowest BCUT2D eigenvalue weighted by Crippen LogP contribution is -2.09. The Morgan fingerprint density at radius 1 is 0.611 bits per heavy atom. The highest BCUT2D eigenvalue weighted by Gasteiger charge is 2.22. The van der Waals surface area contributed by atoms with Crippen LogP contribution in [0.4, 0.5) is 0 Å². The lowest BCUT2D eigenvalue weighted by Gasteiger charge is -2.22. The standard InChI is InChI=1S/C52H42N2/c1-33-29-48-47-31-37(26-28-49(47)54(52(48)53-32-33)40-12-3-2-4-13-40)34-19-22-36(23-20-34)50-43-15-7-9-17-45(43)51(46-18-10-8-16-44(46)50)39-25-27-42-38(30-39)24-21-35-11-5-6-14-41(35)42/h3,5,7-12,15-19,21-22,24-32,40H,2,4,6,13-14,20,23H2,1H3. The van der Waals surface area contributed by atoms with Crippen molar-refractivity contribution < 1.29 is 0 Å². The van der Waals surface area contributed by atoms with Crippen molar-refractivity contribution in [2.45, 2.75) is 57.9 Å². The van der Waals surface area contributed by atoms with Crippen LogP contribution in [0.5, 0.6) is 0 Å². The first kappa shape index (κ1) is 31.5. The number of hydrogen-bond donors (Lipinski definition) is 0. The fourth-order valence-electron chi connectivity index (χ4n) is 9.88. The van der Waals surface area contributed by atoms with Crippen LogP contribution in [-0.4, -0.2) is 9.55 Å². The largest absolute Gasteiger partial charge is 0.318 e. The lowest BCUT2D eigenvalue weighted by molar-refractivity contribution is 0.539. The molecule has 0 aliphatic heterocycles. The third kappa shape index (κ3) is 4.97. The van der Waals surface area contributed by atoms with E-state index in [2.05, 4.69) is 151 Å². The summed E-state index contributed by atoms with van der Waals surface area (Å²) in [5.74, 6) is 0. The van der Waals surface area contributed by atoms with Crippen molar-refractivity contribution in [2.75, 3.05) is 0 Å². The van der Waals surface area contributed by atoms with Crippen molar-refractivity contribution in [1.82, 2.24) is 9.55 Å². The summed E-state index contributed by atoms with van der Waals surface area (Å²) in [5, 5.41) is 10.6. The van der Waals surface area contributed by atoms with E-state index in [1.807, 2.05) is 6.20 Å². The van der Waals surface area contributed by atoms with Crippen LogP contribution in [0.3, 0.4) is 0 Å². The number of aromatic nitrogens is 2. The van der Waals surface area contributed by atoms with Crippen LogP contribution in [0.25, 0.3) is 82.6 Å². The molecule has 2 heterocycles. The average Bonchev–Trinajstić information content (AvgIpc) is 3.55. The molecule has 2 heteroatoms. The van der Waals surface area contributed by atoms with E-state index < -0.39 is 0 Å². The number of pyridine rings is 1. The molecule has 2 nitrogen and oxygen atoms in total. The fraction of sp³-hybridized carbons (Fsp3) is 0.173. The molecular formula is C52H42N2. The highest BCUT2D eigenvalue weighted by Crippen LogP contribution is 2.46. The van der Waals surface area contributed by atoms with Gasteiger partial charge in [0.1, 0.15) is 5.65 Å². The number of allylic oxidation sites excluding steroid dienone is 7. The van der Waals surface area contributed by atoms with Gasteiger partial charge in [-0.05, 0) is 159 Å². The maximum atomic E-state index is 4.99. The Hall–Kier alpha value is -5.99. The SMILES string of the molecule is Cc1cnc2c(c1)c1cc(C3=CC=C(c4c5ccccc5c(-c5ccc6c7c(ccc6c5)C=CCC7)c5ccccc45)CC3)ccc1n2C1C=CCCC1. The van der Waals surface area contributed by atoms with E-state index in [1.165, 1.54) is 112 Å². The minimum atomic E-state index is 0.361. The lowest BCUT2D eigenvalue weighted by atomic mass is 9.82. The Balaban J connectivity index is 1.03. The molecular weight excluding hydrogens is 653 g/mol. The molecule has 0 spiro atoms.